The van der Waals surface area contributed by atoms with Crippen LogP contribution in [0.1, 0.15) is 110 Å². The number of nitrogens with zero attached hydrogens (tertiary/aromatic N) is 2. The van der Waals surface area contributed by atoms with Crippen LogP contribution >= 0.6 is 23.2 Å². The van der Waals surface area contributed by atoms with Crippen molar-refractivity contribution in [3.05, 3.63) is 33.8 Å². The van der Waals surface area contributed by atoms with Gasteiger partial charge in [0.1, 0.15) is 12.1 Å². The molecule has 1 saturated heterocycles. The molecule has 0 aromatic heterocycles. The van der Waals surface area contributed by atoms with Crippen LogP contribution in [0.4, 0.5) is 0 Å². The lowest BCUT2D eigenvalue weighted by Gasteiger charge is -2.36. The molecule has 4 atom stereocenters. The number of halogens is 2. The van der Waals surface area contributed by atoms with E-state index < -0.39 is 52.6 Å². The predicted molar refractivity (Wildman–Crippen MR) is 187 cm³/mol. The number of rotatable bonds is 12. The number of Topliss-reactive ketones (excluding diaryl/α,β-unsaturated/α-hetero) is 1. The van der Waals surface area contributed by atoms with E-state index in [4.69, 9.17) is 28.0 Å². The summed E-state index contributed by atoms with van der Waals surface area (Å²) in [5, 5.41) is 13.6. The van der Waals surface area contributed by atoms with E-state index in [2.05, 4.69) is 21.1 Å². The van der Waals surface area contributed by atoms with Gasteiger partial charge >= 0.3 is 0 Å². The Morgan fingerprint density at radius 2 is 1.73 bits per heavy atom. The summed E-state index contributed by atoms with van der Waals surface area (Å²) in [4.78, 5) is 75.4. The van der Waals surface area contributed by atoms with Crippen LogP contribution in [0.25, 0.3) is 0 Å². The van der Waals surface area contributed by atoms with Gasteiger partial charge in [-0.1, -0.05) is 87.8 Å². The first-order chi connectivity index (χ1) is 23.2. The van der Waals surface area contributed by atoms with Gasteiger partial charge in [0.15, 0.2) is 5.60 Å². The van der Waals surface area contributed by atoms with Crippen LogP contribution in [0.15, 0.2) is 23.4 Å². The largest absolute Gasteiger partial charge is 0.387 e. The number of carbonyl (C=O) groups is 5. The molecule has 0 unspecified atom stereocenters. The summed E-state index contributed by atoms with van der Waals surface area (Å²) in [6.45, 7) is 7.53. The molecule has 2 aliphatic heterocycles. The van der Waals surface area contributed by atoms with Crippen molar-refractivity contribution in [2.75, 3.05) is 6.54 Å². The number of likely N-dealkylation sites (tertiary alicyclic amines) is 1. The molecule has 13 heteroatoms. The molecule has 0 bridgehead atoms. The second-order valence-corrected chi connectivity index (χ2v) is 16.2. The first-order valence-electron chi connectivity index (χ1n) is 17.6. The quantitative estimate of drug-likeness (QED) is 0.257. The van der Waals surface area contributed by atoms with Crippen LogP contribution in [0.2, 0.25) is 10.0 Å². The topological polar surface area (TPSA) is 146 Å². The van der Waals surface area contributed by atoms with E-state index >= 15 is 0 Å². The smallest absolute Gasteiger partial charge is 0.289 e. The van der Waals surface area contributed by atoms with Crippen LogP contribution in [0.3, 0.4) is 0 Å². The highest BCUT2D eigenvalue weighted by Crippen LogP contribution is 2.40. The standard InChI is InChI=1S/C36H49Cl2N5O6/c1-5-9-26(30(45)33(47)39-23-13-14-23)40-32(46)28-19-36(18-27(42-49-36)22-12-15-24(37)25(38)17-22)20-43(28)34(48)31(35(2,3)4)41-29(44)16-21-10-7-6-8-11-21/h12,15,17,21,23,26,28,31H,5-11,13-14,16,18-20H2,1-4H3,(H,39,47)(H,40,46)(H,41,44)/t26-,28-,31+,36+/m0/s1. The van der Waals surface area contributed by atoms with Crippen LogP contribution in [-0.2, 0) is 28.8 Å². The molecule has 11 nitrogen and oxygen atoms in total. The number of hydrogen-bond donors (Lipinski definition) is 3. The summed E-state index contributed by atoms with van der Waals surface area (Å²) >= 11 is 12.4. The molecule has 1 spiro atoms. The van der Waals surface area contributed by atoms with Gasteiger partial charge in [0.05, 0.1) is 28.3 Å². The number of nitrogens with one attached hydrogen (secondary N) is 3. The normalized spacial score (nSPS) is 23.8. The van der Waals surface area contributed by atoms with E-state index in [1.807, 2.05) is 27.7 Å². The summed E-state index contributed by atoms with van der Waals surface area (Å²) < 4.78 is 0. The van der Waals surface area contributed by atoms with Gasteiger partial charge in [-0.2, -0.15) is 0 Å². The summed E-state index contributed by atoms with van der Waals surface area (Å²) in [6.07, 6.45) is 8.54. The lowest BCUT2D eigenvalue weighted by atomic mass is 9.84. The Morgan fingerprint density at radius 1 is 1.02 bits per heavy atom. The molecule has 3 N–H and O–H groups in total. The number of amides is 4. The molecule has 0 radical (unpaired) electrons. The number of benzene rings is 1. The average molecular weight is 719 g/mol. The third kappa shape index (κ3) is 9.14. The summed E-state index contributed by atoms with van der Waals surface area (Å²) in [7, 11) is 0. The van der Waals surface area contributed by atoms with Crippen molar-refractivity contribution in [2.45, 2.75) is 135 Å². The first kappa shape index (κ1) is 37.1. The molecule has 49 heavy (non-hydrogen) atoms. The van der Waals surface area contributed by atoms with Gasteiger partial charge < -0.3 is 25.7 Å². The van der Waals surface area contributed by atoms with Crippen molar-refractivity contribution in [2.24, 2.45) is 16.5 Å². The number of ketones is 1. The second-order valence-electron chi connectivity index (χ2n) is 15.3. The fourth-order valence-electron chi connectivity index (χ4n) is 7.12. The van der Waals surface area contributed by atoms with Crippen molar-refractivity contribution in [3.63, 3.8) is 0 Å². The molecule has 3 fully saturated rings. The van der Waals surface area contributed by atoms with Gasteiger partial charge in [0, 0.05) is 30.9 Å². The van der Waals surface area contributed by atoms with Gasteiger partial charge in [-0.25, -0.2) is 0 Å². The summed E-state index contributed by atoms with van der Waals surface area (Å²) in [5.41, 5.74) is -0.428. The molecule has 2 saturated carbocycles. The zero-order valence-corrected chi connectivity index (χ0v) is 30.4. The maximum absolute atomic E-state index is 14.6. The van der Waals surface area contributed by atoms with Crippen molar-refractivity contribution in [1.82, 2.24) is 20.9 Å². The highest BCUT2D eigenvalue weighted by molar-refractivity contribution is 6.42. The minimum Gasteiger partial charge on any atom is -0.387 e. The van der Waals surface area contributed by atoms with Crippen molar-refractivity contribution in [3.8, 4) is 0 Å². The third-order valence-electron chi connectivity index (χ3n) is 10.0. The Morgan fingerprint density at radius 3 is 2.37 bits per heavy atom. The number of oxime groups is 1. The Balaban J connectivity index is 1.39. The van der Waals surface area contributed by atoms with Gasteiger partial charge in [-0.05, 0) is 55.6 Å². The average Bonchev–Trinajstić information content (AvgIpc) is 3.65. The van der Waals surface area contributed by atoms with E-state index in [0.717, 1.165) is 38.5 Å². The molecule has 268 valence electrons. The molecule has 4 amide bonds. The maximum Gasteiger partial charge on any atom is 0.289 e. The minimum atomic E-state index is -1.05. The zero-order chi connectivity index (χ0) is 35.5. The lowest BCUT2D eigenvalue weighted by molar-refractivity contribution is -0.145. The third-order valence-corrected chi connectivity index (χ3v) is 10.8. The van der Waals surface area contributed by atoms with E-state index in [0.29, 0.717) is 34.2 Å². The number of carbonyl (C=O) groups excluding carboxylic acids is 5. The molecular formula is C36H49Cl2N5O6. The van der Waals surface area contributed by atoms with Gasteiger partial charge in [0.2, 0.25) is 23.5 Å². The Labute approximate surface area is 298 Å². The molecule has 5 rings (SSSR count). The Bertz CT molecular complexity index is 1480. The van der Waals surface area contributed by atoms with E-state index in [9.17, 15) is 24.0 Å². The SMILES string of the molecule is CCC[C@H](NC(=O)[C@@H]1C[C@]2(CC(c3ccc(Cl)c(Cl)c3)=NO2)CN1C(=O)[C@@H](NC(=O)CC1CCCCC1)C(C)(C)C)C(=O)C(=O)NC1CC1. The minimum absolute atomic E-state index is 0.0101. The maximum atomic E-state index is 14.6. The van der Waals surface area contributed by atoms with Gasteiger partial charge in [-0.15, -0.1) is 0 Å². The molecule has 1 aromatic carbocycles. The predicted octanol–water partition coefficient (Wildman–Crippen LogP) is 5.09. The first-order valence-corrected chi connectivity index (χ1v) is 18.4. The highest BCUT2D eigenvalue weighted by Gasteiger charge is 2.55. The van der Waals surface area contributed by atoms with E-state index in [-0.39, 0.29) is 43.7 Å². The van der Waals surface area contributed by atoms with Crippen LogP contribution in [0, 0.1) is 11.3 Å². The Kier molecular flexibility index (Phi) is 11.6. The van der Waals surface area contributed by atoms with E-state index in [1.54, 1.807) is 18.2 Å². The monoisotopic (exact) mass is 717 g/mol. The van der Waals surface area contributed by atoms with Crippen LogP contribution < -0.4 is 16.0 Å². The number of hydrogen-bond acceptors (Lipinski definition) is 7. The Hall–Kier alpha value is -3.18. The van der Waals surface area contributed by atoms with Gasteiger partial charge in [-0.3, -0.25) is 24.0 Å². The summed E-state index contributed by atoms with van der Waals surface area (Å²) in [5.74, 6) is -2.32. The summed E-state index contributed by atoms with van der Waals surface area (Å²) in [6, 6.07) is 2.11. The fourth-order valence-corrected chi connectivity index (χ4v) is 7.41. The molecule has 4 aliphatic rings. The van der Waals surface area contributed by atoms with Gasteiger partial charge in [0.25, 0.3) is 5.91 Å². The van der Waals surface area contributed by atoms with E-state index in [1.165, 1.54) is 11.3 Å². The fraction of sp³-hybridized carbons (Fsp3) is 0.667. The second kappa shape index (κ2) is 15.4. The molecular weight excluding hydrogens is 669 g/mol. The van der Waals surface area contributed by atoms with Crippen molar-refractivity contribution < 1.29 is 28.8 Å². The molecule has 1 aromatic rings. The van der Waals surface area contributed by atoms with Crippen LogP contribution in [0.5, 0.6) is 0 Å². The highest BCUT2D eigenvalue weighted by atomic mass is 35.5. The van der Waals surface area contributed by atoms with Crippen molar-refractivity contribution in [1.29, 1.82) is 0 Å². The van der Waals surface area contributed by atoms with Crippen molar-refractivity contribution >= 4 is 58.3 Å². The lowest BCUT2D eigenvalue weighted by Crippen LogP contribution is -2.59. The molecule has 2 aliphatic carbocycles. The van der Waals surface area contributed by atoms with Crippen LogP contribution in [-0.4, -0.2) is 76.3 Å². The zero-order valence-electron chi connectivity index (χ0n) is 28.9. The molecule has 2 heterocycles.